The van der Waals surface area contributed by atoms with Gasteiger partial charge in [-0.15, -0.1) is 0 Å². The summed E-state index contributed by atoms with van der Waals surface area (Å²) in [6, 6.07) is 0. The van der Waals surface area contributed by atoms with E-state index in [4.69, 9.17) is 4.74 Å². The van der Waals surface area contributed by atoms with Crippen LogP contribution >= 0.6 is 0 Å². The second-order valence-corrected chi connectivity index (χ2v) is 4.27. The molecule has 106 valence electrons. The summed E-state index contributed by atoms with van der Waals surface area (Å²) in [5.74, 6) is -0.0306. The average Bonchev–Trinajstić information content (AvgIpc) is 2.28. The van der Waals surface area contributed by atoms with Gasteiger partial charge in [-0.2, -0.15) is 0 Å². The van der Waals surface area contributed by atoms with Gasteiger partial charge in [0, 0.05) is 40.3 Å². The Balaban J connectivity index is 3.43. The van der Waals surface area contributed by atoms with Crippen molar-refractivity contribution >= 4 is 11.8 Å². The molecule has 0 radical (unpaired) electrons. The summed E-state index contributed by atoms with van der Waals surface area (Å²) in [7, 11) is 3.58. The topological polar surface area (TPSA) is 70.7 Å². The fourth-order valence-electron chi connectivity index (χ4n) is 1.44. The van der Waals surface area contributed by atoms with E-state index in [1.54, 1.807) is 7.11 Å². The molecule has 0 aliphatic carbocycles. The Labute approximate surface area is 109 Å². The second-order valence-electron chi connectivity index (χ2n) is 4.27. The number of nitrogens with one attached hydrogen (secondary N) is 2. The quantitative estimate of drug-likeness (QED) is 0.524. The van der Waals surface area contributed by atoms with E-state index in [1.807, 2.05) is 11.9 Å². The third-order valence-electron chi connectivity index (χ3n) is 2.35. The van der Waals surface area contributed by atoms with Crippen LogP contribution in [0.15, 0.2) is 0 Å². The molecule has 6 heteroatoms. The number of hydrogen-bond acceptors (Lipinski definition) is 4. The molecule has 0 saturated carbocycles. The van der Waals surface area contributed by atoms with Gasteiger partial charge in [0.25, 0.3) is 0 Å². The van der Waals surface area contributed by atoms with E-state index in [0.29, 0.717) is 26.2 Å². The summed E-state index contributed by atoms with van der Waals surface area (Å²) in [5.41, 5.74) is 0. The number of hydrogen-bond donors (Lipinski definition) is 2. The summed E-state index contributed by atoms with van der Waals surface area (Å²) in [4.78, 5) is 24.1. The smallest absolute Gasteiger partial charge is 0.234 e. The van der Waals surface area contributed by atoms with Crippen molar-refractivity contribution in [3.8, 4) is 0 Å². The van der Waals surface area contributed by atoms with Crippen LogP contribution in [0.25, 0.3) is 0 Å². The van der Waals surface area contributed by atoms with E-state index < -0.39 is 0 Å². The summed E-state index contributed by atoms with van der Waals surface area (Å²) in [6.45, 7) is 4.61. The molecule has 0 unspecified atom stereocenters. The van der Waals surface area contributed by atoms with Crippen LogP contribution in [0.5, 0.6) is 0 Å². The lowest BCUT2D eigenvalue weighted by Gasteiger charge is -2.15. The molecular weight excluding hydrogens is 234 g/mol. The van der Waals surface area contributed by atoms with Crippen LogP contribution in [-0.2, 0) is 14.3 Å². The van der Waals surface area contributed by atoms with Crippen molar-refractivity contribution in [2.45, 2.75) is 19.8 Å². The fraction of sp³-hybridized carbons (Fsp3) is 0.833. The highest BCUT2D eigenvalue weighted by Gasteiger charge is 2.05. The molecule has 0 aromatic rings. The first-order chi connectivity index (χ1) is 8.56. The van der Waals surface area contributed by atoms with Crippen molar-refractivity contribution in [1.82, 2.24) is 15.5 Å². The van der Waals surface area contributed by atoms with E-state index >= 15 is 0 Å². The maximum atomic E-state index is 11.5. The molecule has 0 atom stereocenters. The number of nitrogens with zero attached hydrogens (tertiary/aromatic N) is 1. The second kappa shape index (κ2) is 11.0. The highest BCUT2D eigenvalue weighted by molar-refractivity contribution is 5.77. The van der Waals surface area contributed by atoms with E-state index in [2.05, 4.69) is 10.6 Å². The first kappa shape index (κ1) is 16.9. The fourth-order valence-corrected chi connectivity index (χ4v) is 1.44. The van der Waals surface area contributed by atoms with Crippen molar-refractivity contribution in [2.24, 2.45) is 0 Å². The molecule has 0 aromatic heterocycles. The third-order valence-corrected chi connectivity index (χ3v) is 2.35. The normalized spacial score (nSPS) is 10.4. The van der Waals surface area contributed by atoms with Gasteiger partial charge < -0.3 is 15.4 Å². The predicted molar refractivity (Wildman–Crippen MR) is 70.3 cm³/mol. The van der Waals surface area contributed by atoms with Crippen LogP contribution in [0.1, 0.15) is 19.8 Å². The molecule has 0 bridgehead atoms. The number of methoxy groups -OCH3 is 1. The van der Waals surface area contributed by atoms with Crippen molar-refractivity contribution in [1.29, 1.82) is 0 Å². The molecule has 0 aromatic carbocycles. The van der Waals surface area contributed by atoms with Gasteiger partial charge in [-0.3, -0.25) is 14.5 Å². The van der Waals surface area contributed by atoms with Gasteiger partial charge >= 0.3 is 0 Å². The van der Waals surface area contributed by atoms with Crippen LogP contribution < -0.4 is 10.6 Å². The summed E-state index contributed by atoms with van der Waals surface area (Å²) >= 11 is 0. The molecule has 0 fully saturated rings. The van der Waals surface area contributed by atoms with E-state index in [0.717, 1.165) is 19.4 Å². The van der Waals surface area contributed by atoms with Crippen LogP contribution in [0.2, 0.25) is 0 Å². The summed E-state index contributed by atoms with van der Waals surface area (Å²) < 4.78 is 4.95. The molecule has 6 nitrogen and oxygen atoms in total. The minimum atomic E-state index is -0.0424. The largest absolute Gasteiger partial charge is 0.385 e. The molecular formula is C12H25N3O3. The predicted octanol–water partition coefficient (Wildman–Crippen LogP) is -0.403. The van der Waals surface area contributed by atoms with Crippen LogP contribution in [0.3, 0.4) is 0 Å². The monoisotopic (exact) mass is 259 g/mol. The molecule has 0 saturated heterocycles. The zero-order valence-electron chi connectivity index (χ0n) is 11.6. The first-order valence-corrected chi connectivity index (χ1v) is 6.25. The zero-order valence-corrected chi connectivity index (χ0v) is 11.6. The zero-order chi connectivity index (χ0) is 13.8. The van der Waals surface area contributed by atoms with Gasteiger partial charge in [0.2, 0.25) is 11.8 Å². The molecule has 18 heavy (non-hydrogen) atoms. The van der Waals surface area contributed by atoms with E-state index in [1.165, 1.54) is 6.92 Å². The Morgan fingerprint density at radius 2 is 1.83 bits per heavy atom. The van der Waals surface area contributed by atoms with Gasteiger partial charge in [0.15, 0.2) is 0 Å². The van der Waals surface area contributed by atoms with Gasteiger partial charge in [0.05, 0.1) is 6.54 Å². The maximum Gasteiger partial charge on any atom is 0.234 e. The Morgan fingerprint density at radius 3 is 2.44 bits per heavy atom. The number of rotatable bonds is 10. The molecule has 0 spiro atoms. The SMILES string of the molecule is COCCCN(C)CC(=O)NCCCNC(C)=O. The third kappa shape index (κ3) is 11.3. The van der Waals surface area contributed by atoms with E-state index in [9.17, 15) is 9.59 Å². The Morgan fingerprint density at radius 1 is 1.17 bits per heavy atom. The highest BCUT2D eigenvalue weighted by Crippen LogP contribution is 1.88. The molecule has 0 rings (SSSR count). The molecule has 0 heterocycles. The Hall–Kier alpha value is -1.14. The summed E-state index contributed by atoms with van der Waals surface area (Å²) in [5, 5.41) is 5.49. The minimum Gasteiger partial charge on any atom is -0.385 e. The molecule has 2 N–H and O–H groups in total. The van der Waals surface area contributed by atoms with Crippen molar-refractivity contribution in [2.75, 3.05) is 46.9 Å². The molecule has 0 aliphatic heterocycles. The van der Waals surface area contributed by atoms with Gasteiger partial charge in [0.1, 0.15) is 0 Å². The number of likely N-dealkylation sites (N-methyl/N-ethyl adjacent to an activating group) is 1. The van der Waals surface area contributed by atoms with E-state index in [-0.39, 0.29) is 11.8 Å². The standard InChI is InChI=1S/C12H25N3O3/c1-11(16)13-6-4-7-14-12(17)10-15(2)8-5-9-18-3/h4-10H2,1-3H3,(H,13,16)(H,14,17). The van der Waals surface area contributed by atoms with Crippen molar-refractivity contribution < 1.29 is 14.3 Å². The number of carbonyl (C=O) groups excluding carboxylic acids is 2. The summed E-state index contributed by atoms with van der Waals surface area (Å²) in [6.07, 6.45) is 1.67. The van der Waals surface area contributed by atoms with Crippen LogP contribution in [-0.4, -0.2) is 63.7 Å². The van der Waals surface area contributed by atoms with Crippen LogP contribution in [0, 0.1) is 0 Å². The lowest BCUT2D eigenvalue weighted by atomic mass is 10.3. The van der Waals surface area contributed by atoms with Crippen LogP contribution in [0.4, 0.5) is 0 Å². The average molecular weight is 259 g/mol. The Kier molecular flexibility index (Phi) is 10.3. The molecule has 0 aliphatic rings. The molecule has 2 amide bonds. The lowest BCUT2D eigenvalue weighted by molar-refractivity contribution is -0.122. The number of amides is 2. The Bertz CT molecular complexity index is 247. The first-order valence-electron chi connectivity index (χ1n) is 6.25. The minimum absolute atomic E-state index is 0.0118. The van der Waals surface area contributed by atoms with Gasteiger partial charge in [-0.05, 0) is 19.9 Å². The number of ether oxygens (including phenoxy) is 1. The van der Waals surface area contributed by atoms with Crippen molar-refractivity contribution in [3.05, 3.63) is 0 Å². The highest BCUT2D eigenvalue weighted by atomic mass is 16.5. The number of carbonyl (C=O) groups is 2. The van der Waals surface area contributed by atoms with Gasteiger partial charge in [-0.1, -0.05) is 0 Å². The van der Waals surface area contributed by atoms with Crippen molar-refractivity contribution in [3.63, 3.8) is 0 Å². The maximum absolute atomic E-state index is 11.5. The lowest BCUT2D eigenvalue weighted by Crippen LogP contribution is -2.37. The van der Waals surface area contributed by atoms with Gasteiger partial charge in [-0.25, -0.2) is 0 Å².